The van der Waals surface area contributed by atoms with Gasteiger partial charge in [0, 0.05) is 29.4 Å². The lowest BCUT2D eigenvalue weighted by molar-refractivity contribution is -0.190. The van der Waals surface area contributed by atoms with Gasteiger partial charge in [-0.1, -0.05) is 33.3 Å². The fraction of sp³-hybridized carbons (Fsp3) is 0.850. The second-order valence-corrected chi connectivity index (χ2v) is 9.37. The zero-order chi connectivity index (χ0) is 18.0. The van der Waals surface area contributed by atoms with Gasteiger partial charge in [-0.25, -0.2) is 4.79 Å². The highest BCUT2D eigenvalue weighted by atomic mass is 16.6. The number of esters is 1. The fourth-order valence-corrected chi connectivity index (χ4v) is 6.05. The molecule has 4 heteroatoms. The van der Waals surface area contributed by atoms with Gasteiger partial charge in [-0.3, -0.25) is 0 Å². The highest BCUT2D eigenvalue weighted by Crippen LogP contribution is 2.77. The van der Waals surface area contributed by atoms with Crippen LogP contribution in [0.3, 0.4) is 0 Å². The SMILES string of the molecule is CC(C)=CC(=O)O[C@H]1CCC(C)(C)[C@]2(C)[C@@]1(C)C[C@@H](CO)[C@]21CO1. The van der Waals surface area contributed by atoms with E-state index in [0.29, 0.717) is 6.61 Å². The number of carbonyl (C=O) groups excluding carboxylic acids is 1. The van der Waals surface area contributed by atoms with Crippen molar-refractivity contribution < 1.29 is 19.4 Å². The zero-order valence-electron chi connectivity index (χ0n) is 15.9. The summed E-state index contributed by atoms with van der Waals surface area (Å²) in [6.45, 7) is 13.8. The van der Waals surface area contributed by atoms with E-state index >= 15 is 0 Å². The summed E-state index contributed by atoms with van der Waals surface area (Å²) in [4.78, 5) is 12.3. The van der Waals surface area contributed by atoms with Crippen LogP contribution < -0.4 is 0 Å². The first-order chi connectivity index (χ1) is 11.0. The Bertz CT molecular complexity index is 570. The number of hydrogen-bond acceptors (Lipinski definition) is 4. The second kappa shape index (κ2) is 5.31. The van der Waals surface area contributed by atoms with Crippen molar-refractivity contribution in [3.8, 4) is 0 Å². The third kappa shape index (κ3) is 2.08. The third-order valence-electron chi connectivity index (χ3n) is 7.75. The molecule has 0 bridgehead atoms. The van der Waals surface area contributed by atoms with Crippen LogP contribution in [0.25, 0.3) is 0 Å². The molecule has 3 aliphatic rings. The molecular weight excluding hydrogens is 304 g/mol. The normalized spacial score (nSPS) is 45.6. The Balaban J connectivity index is 1.99. The summed E-state index contributed by atoms with van der Waals surface area (Å²) in [7, 11) is 0. The molecule has 136 valence electrons. The summed E-state index contributed by atoms with van der Waals surface area (Å²) in [5.74, 6) is -0.129. The van der Waals surface area contributed by atoms with E-state index in [1.165, 1.54) is 0 Å². The molecule has 0 amide bonds. The first-order valence-corrected chi connectivity index (χ1v) is 9.14. The molecule has 0 radical (unpaired) electrons. The highest BCUT2D eigenvalue weighted by Gasteiger charge is 2.80. The summed E-state index contributed by atoms with van der Waals surface area (Å²) < 4.78 is 12.0. The van der Waals surface area contributed by atoms with Gasteiger partial charge >= 0.3 is 5.97 Å². The molecule has 3 rings (SSSR count). The Morgan fingerprint density at radius 3 is 2.42 bits per heavy atom. The molecule has 0 aromatic rings. The molecule has 0 aromatic carbocycles. The van der Waals surface area contributed by atoms with Crippen LogP contribution in [0.1, 0.15) is 60.8 Å². The second-order valence-electron chi connectivity index (χ2n) is 9.37. The van der Waals surface area contributed by atoms with Gasteiger partial charge in [0.1, 0.15) is 11.7 Å². The maximum atomic E-state index is 12.3. The van der Waals surface area contributed by atoms with Crippen molar-refractivity contribution in [3.05, 3.63) is 11.6 Å². The maximum Gasteiger partial charge on any atom is 0.330 e. The number of carbonyl (C=O) groups is 1. The molecule has 0 unspecified atom stereocenters. The van der Waals surface area contributed by atoms with Gasteiger partial charge in [0.15, 0.2) is 0 Å². The number of allylic oxidation sites excluding steroid dienone is 1. The molecule has 1 saturated heterocycles. The van der Waals surface area contributed by atoms with Crippen molar-refractivity contribution in [2.24, 2.45) is 22.2 Å². The van der Waals surface area contributed by atoms with Crippen LogP contribution in [-0.2, 0) is 14.3 Å². The fourth-order valence-electron chi connectivity index (χ4n) is 6.05. The van der Waals surface area contributed by atoms with Gasteiger partial charge in [-0.2, -0.15) is 0 Å². The van der Waals surface area contributed by atoms with Crippen LogP contribution in [0.4, 0.5) is 0 Å². The molecule has 2 aliphatic carbocycles. The predicted octanol–water partition coefficient (Wildman–Crippen LogP) is 3.48. The van der Waals surface area contributed by atoms with E-state index in [9.17, 15) is 9.90 Å². The first kappa shape index (κ1) is 17.9. The van der Waals surface area contributed by atoms with E-state index in [1.54, 1.807) is 6.08 Å². The number of hydrogen-bond donors (Lipinski definition) is 1. The van der Waals surface area contributed by atoms with E-state index in [4.69, 9.17) is 9.47 Å². The molecule has 0 aromatic heterocycles. The van der Waals surface area contributed by atoms with Crippen LogP contribution in [0.2, 0.25) is 0 Å². The average Bonchev–Trinajstić information content (AvgIpc) is 3.23. The number of epoxide rings is 1. The lowest BCUT2D eigenvalue weighted by atomic mass is 9.45. The Labute approximate surface area is 145 Å². The van der Waals surface area contributed by atoms with Crippen LogP contribution >= 0.6 is 0 Å². The summed E-state index contributed by atoms with van der Waals surface area (Å²) in [5.41, 5.74) is 0.437. The Kier molecular flexibility index (Phi) is 3.97. The van der Waals surface area contributed by atoms with Gasteiger partial charge in [-0.15, -0.1) is 0 Å². The maximum absolute atomic E-state index is 12.3. The summed E-state index contributed by atoms with van der Waals surface area (Å²) >= 11 is 0. The number of ether oxygens (including phenoxy) is 2. The molecular formula is C20H32O4. The molecule has 5 atom stereocenters. The van der Waals surface area contributed by atoms with E-state index in [2.05, 4.69) is 27.7 Å². The van der Waals surface area contributed by atoms with Gasteiger partial charge < -0.3 is 14.6 Å². The minimum atomic E-state index is -0.262. The Hall–Kier alpha value is -0.870. The molecule has 2 saturated carbocycles. The van der Waals surface area contributed by atoms with Crippen LogP contribution in [0.5, 0.6) is 0 Å². The van der Waals surface area contributed by atoms with Gasteiger partial charge in [0.05, 0.1) is 6.61 Å². The van der Waals surface area contributed by atoms with Crippen molar-refractivity contribution in [2.45, 2.75) is 72.5 Å². The summed E-state index contributed by atoms with van der Waals surface area (Å²) in [5, 5.41) is 9.98. The van der Waals surface area contributed by atoms with Crippen molar-refractivity contribution in [1.82, 2.24) is 0 Å². The van der Waals surface area contributed by atoms with Crippen LogP contribution in [-0.4, -0.2) is 36.0 Å². The minimum Gasteiger partial charge on any atom is -0.459 e. The van der Waals surface area contributed by atoms with E-state index < -0.39 is 0 Å². The van der Waals surface area contributed by atoms with Crippen LogP contribution in [0, 0.1) is 22.2 Å². The van der Waals surface area contributed by atoms with Gasteiger partial charge in [0.2, 0.25) is 0 Å². The number of aliphatic hydroxyl groups excluding tert-OH is 1. The minimum absolute atomic E-state index is 0.0710. The lowest BCUT2D eigenvalue weighted by Gasteiger charge is -2.60. The molecule has 1 aliphatic heterocycles. The van der Waals surface area contributed by atoms with Crippen molar-refractivity contribution in [3.63, 3.8) is 0 Å². The molecule has 24 heavy (non-hydrogen) atoms. The Morgan fingerprint density at radius 1 is 1.29 bits per heavy atom. The largest absolute Gasteiger partial charge is 0.459 e. The van der Waals surface area contributed by atoms with Crippen molar-refractivity contribution in [2.75, 3.05) is 13.2 Å². The van der Waals surface area contributed by atoms with E-state index in [0.717, 1.165) is 24.8 Å². The molecule has 1 N–H and O–H groups in total. The first-order valence-electron chi connectivity index (χ1n) is 9.14. The lowest BCUT2D eigenvalue weighted by Crippen LogP contribution is -2.61. The number of fused-ring (bicyclic) bond motifs is 2. The van der Waals surface area contributed by atoms with E-state index in [1.807, 2.05) is 13.8 Å². The Morgan fingerprint density at radius 2 is 1.92 bits per heavy atom. The molecule has 3 fully saturated rings. The number of aliphatic hydroxyl groups is 1. The standard InChI is InChI=1S/C20H32O4/c1-13(2)9-16(22)24-15-7-8-17(3,4)19(6)18(15,5)10-14(11-21)20(19)12-23-20/h9,14-15,21H,7-8,10-12H2,1-6H3/t14-,15-,18-,19+,20+/m0/s1. The molecule has 1 spiro atoms. The topological polar surface area (TPSA) is 59.1 Å². The average molecular weight is 336 g/mol. The van der Waals surface area contributed by atoms with Gasteiger partial charge in [-0.05, 0) is 38.5 Å². The van der Waals surface area contributed by atoms with Crippen LogP contribution in [0.15, 0.2) is 11.6 Å². The zero-order valence-corrected chi connectivity index (χ0v) is 15.9. The van der Waals surface area contributed by atoms with Crippen molar-refractivity contribution >= 4 is 5.97 Å². The third-order valence-corrected chi connectivity index (χ3v) is 7.75. The molecule has 4 nitrogen and oxygen atoms in total. The van der Waals surface area contributed by atoms with E-state index in [-0.39, 0.29) is 46.4 Å². The molecule has 1 heterocycles. The van der Waals surface area contributed by atoms with Gasteiger partial charge in [0.25, 0.3) is 0 Å². The number of rotatable bonds is 3. The highest BCUT2D eigenvalue weighted by molar-refractivity contribution is 5.82. The predicted molar refractivity (Wildman–Crippen MR) is 92.4 cm³/mol. The quantitative estimate of drug-likeness (QED) is 0.487. The smallest absolute Gasteiger partial charge is 0.330 e. The van der Waals surface area contributed by atoms with Crippen molar-refractivity contribution in [1.29, 1.82) is 0 Å². The monoisotopic (exact) mass is 336 g/mol. The summed E-state index contributed by atoms with van der Waals surface area (Å²) in [6.07, 6.45) is 4.15. The summed E-state index contributed by atoms with van der Waals surface area (Å²) in [6, 6.07) is 0.